The number of carbonyl (C=O) groups is 2. The zero-order chi connectivity index (χ0) is 17.7. The molecule has 8 nitrogen and oxygen atoms in total. The first-order chi connectivity index (χ1) is 12.0. The Morgan fingerprint density at radius 3 is 2.76 bits per heavy atom. The van der Waals surface area contributed by atoms with Gasteiger partial charge in [-0.3, -0.25) is 14.4 Å². The third kappa shape index (κ3) is 2.25. The Morgan fingerprint density at radius 2 is 2.08 bits per heavy atom. The monoisotopic (exact) mass is 339 g/mol. The quantitative estimate of drug-likeness (QED) is 0.525. The zero-order valence-corrected chi connectivity index (χ0v) is 13.5. The van der Waals surface area contributed by atoms with Crippen LogP contribution in [0.25, 0.3) is 10.9 Å². The molecule has 4 rings (SSSR count). The number of ketones is 1. The normalized spacial score (nSPS) is 12.6. The minimum atomic E-state index is -0.759. The molecule has 3 heterocycles. The number of aromatic nitrogens is 3. The minimum Gasteiger partial charge on any atom is -0.425 e. The largest absolute Gasteiger partial charge is 0.425 e. The van der Waals surface area contributed by atoms with Gasteiger partial charge in [0.05, 0.1) is 5.52 Å². The van der Waals surface area contributed by atoms with E-state index in [2.05, 4.69) is 10.2 Å². The molecule has 2 aromatic heterocycles. The van der Waals surface area contributed by atoms with Crippen LogP contribution in [0.5, 0.6) is 5.75 Å². The maximum Gasteiger partial charge on any atom is 0.308 e. The molecule has 0 aliphatic carbocycles. The van der Waals surface area contributed by atoms with E-state index in [0.29, 0.717) is 23.9 Å². The lowest BCUT2D eigenvalue weighted by molar-refractivity contribution is -0.131. The van der Waals surface area contributed by atoms with Crippen molar-refractivity contribution in [2.45, 2.75) is 26.8 Å². The van der Waals surface area contributed by atoms with Gasteiger partial charge < -0.3 is 13.7 Å². The van der Waals surface area contributed by atoms with E-state index in [4.69, 9.17) is 9.15 Å². The first-order valence-electron chi connectivity index (χ1n) is 7.69. The van der Waals surface area contributed by atoms with Gasteiger partial charge in [0.25, 0.3) is 17.2 Å². The van der Waals surface area contributed by atoms with Crippen LogP contribution < -0.4 is 10.3 Å². The average molecular weight is 339 g/mol. The van der Waals surface area contributed by atoms with Crippen molar-refractivity contribution in [2.75, 3.05) is 0 Å². The highest BCUT2D eigenvalue weighted by Crippen LogP contribution is 2.34. The molecule has 0 bridgehead atoms. The van der Waals surface area contributed by atoms with E-state index in [0.717, 1.165) is 5.56 Å². The molecule has 0 atom stereocenters. The average Bonchev–Trinajstić information content (AvgIpc) is 3.19. The van der Waals surface area contributed by atoms with E-state index in [1.165, 1.54) is 18.4 Å². The van der Waals surface area contributed by atoms with Crippen molar-refractivity contribution in [3.8, 4) is 5.75 Å². The molecule has 0 saturated heterocycles. The fourth-order valence-corrected chi connectivity index (χ4v) is 3.15. The van der Waals surface area contributed by atoms with E-state index < -0.39 is 17.3 Å². The topological polar surface area (TPSA) is 104 Å². The van der Waals surface area contributed by atoms with Gasteiger partial charge in [-0.15, -0.1) is 10.2 Å². The Hall–Kier alpha value is -3.29. The lowest BCUT2D eigenvalue weighted by Crippen LogP contribution is -2.27. The van der Waals surface area contributed by atoms with Crippen molar-refractivity contribution >= 4 is 22.7 Å². The fourth-order valence-electron chi connectivity index (χ4n) is 3.15. The van der Waals surface area contributed by atoms with Gasteiger partial charge in [-0.2, -0.15) is 0 Å². The molecule has 0 N–H and O–H groups in total. The van der Waals surface area contributed by atoms with Crippen LogP contribution in [0.15, 0.2) is 27.4 Å². The molecule has 3 aromatic rings. The Bertz CT molecular complexity index is 1110. The Morgan fingerprint density at radius 1 is 1.28 bits per heavy atom. The Labute approximate surface area is 141 Å². The second-order valence-electron chi connectivity index (χ2n) is 5.77. The Balaban J connectivity index is 2.07. The second kappa shape index (κ2) is 5.37. The molecule has 0 amide bonds. The highest BCUT2D eigenvalue weighted by atomic mass is 16.5. The van der Waals surface area contributed by atoms with Crippen molar-refractivity contribution in [3.05, 3.63) is 51.5 Å². The third-order valence-electron chi connectivity index (χ3n) is 4.12. The van der Waals surface area contributed by atoms with E-state index in [1.54, 1.807) is 12.1 Å². The minimum absolute atomic E-state index is 0.0617. The van der Waals surface area contributed by atoms with Crippen LogP contribution in [0.2, 0.25) is 0 Å². The molecule has 126 valence electrons. The molecular weight excluding hydrogens is 326 g/mol. The molecule has 8 heteroatoms. The molecule has 0 saturated carbocycles. The summed E-state index contributed by atoms with van der Waals surface area (Å²) in [6, 6.07) is 5.43. The highest BCUT2D eigenvalue weighted by molar-refractivity contribution is 6.11. The van der Waals surface area contributed by atoms with Crippen LogP contribution in [0.3, 0.4) is 0 Å². The summed E-state index contributed by atoms with van der Waals surface area (Å²) in [7, 11) is 0. The number of esters is 1. The summed E-state index contributed by atoms with van der Waals surface area (Å²) >= 11 is 0. The predicted molar refractivity (Wildman–Crippen MR) is 85.7 cm³/mol. The molecule has 0 radical (unpaired) electrons. The summed E-state index contributed by atoms with van der Waals surface area (Å²) < 4.78 is 11.9. The summed E-state index contributed by atoms with van der Waals surface area (Å²) in [4.78, 5) is 37.3. The molecule has 0 spiro atoms. The second-order valence-corrected chi connectivity index (χ2v) is 5.77. The number of carbonyl (C=O) groups excluding carboxylic acids is 2. The summed E-state index contributed by atoms with van der Waals surface area (Å²) in [6.45, 7) is 3.21. The number of pyridine rings is 1. The summed E-state index contributed by atoms with van der Waals surface area (Å²) in [5.74, 6) is -1.56. The van der Waals surface area contributed by atoms with Gasteiger partial charge in [0.2, 0.25) is 5.89 Å². The zero-order valence-electron chi connectivity index (χ0n) is 13.5. The first kappa shape index (κ1) is 15.3. The third-order valence-corrected chi connectivity index (χ3v) is 4.12. The smallest absolute Gasteiger partial charge is 0.308 e. The van der Waals surface area contributed by atoms with Crippen LogP contribution in [0.1, 0.15) is 34.6 Å². The maximum absolute atomic E-state index is 12.9. The van der Waals surface area contributed by atoms with E-state index in [9.17, 15) is 14.4 Å². The van der Waals surface area contributed by atoms with Crippen molar-refractivity contribution in [3.63, 3.8) is 0 Å². The number of para-hydroxylation sites is 1. The summed E-state index contributed by atoms with van der Waals surface area (Å²) in [5.41, 5.74) is 0.845. The predicted octanol–water partition coefficient (Wildman–Crippen LogP) is 1.41. The Kier molecular flexibility index (Phi) is 3.28. The van der Waals surface area contributed by atoms with Crippen LogP contribution in [0, 0.1) is 6.92 Å². The molecule has 1 aliphatic heterocycles. The fraction of sp³-hybridized carbons (Fsp3) is 0.235. The van der Waals surface area contributed by atoms with Crippen molar-refractivity contribution < 1.29 is 18.7 Å². The number of nitrogens with zero attached hydrogens (tertiary/aromatic N) is 3. The van der Waals surface area contributed by atoms with Crippen LogP contribution in [0.4, 0.5) is 0 Å². The van der Waals surface area contributed by atoms with Gasteiger partial charge in [0, 0.05) is 25.8 Å². The molecule has 0 unspecified atom stereocenters. The van der Waals surface area contributed by atoms with Gasteiger partial charge in [-0.05, 0) is 18.1 Å². The molecule has 1 aromatic carbocycles. The molecule has 0 fully saturated rings. The van der Waals surface area contributed by atoms with E-state index in [-0.39, 0.29) is 23.1 Å². The number of ether oxygens (including phenoxy) is 1. The number of rotatable bonds is 3. The summed E-state index contributed by atoms with van der Waals surface area (Å²) in [5, 5.41) is 7.82. The standard InChI is InChI=1S/C17H13N3O5/c1-8-18-19-16(24-8)14(22)12-15(25-9(2)21)11-5-3-4-10-6-7-20(13(10)11)17(12)23/h3-5H,6-7H2,1-2H3. The van der Waals surface area contributed by atoms with Gasteiger partial charge in [0.1, 0.15) is 5.56 Å². The van der Waals surface area contributed by atoms with Gasteiger partial charge in [-0.1, -0.05) is 12.1 Å². The van der Waals surface area contributed by atoms with Crippen LogP contribution >= 0.6 is 0 Å². The van der Waals surface area contributed by atoms with Crippen LogP contribution in [-0.4, -0.2) is 26.5 Å². The summed E-state index contributed by atoms with van der Waals surface area (Å²) in [6.07, 6.45) is 0.670. The first-order valence-corrected chi connectivity index (χ1v) is 7.69. The molecular formula is C17H13N3O5. The lowest BCUT2D eigenvalue weighted by Gasteiger charge is -2.13. The van der Waals surface area contributed by atoms with E-state index in [1.807, 2.05) is 6.07 Å². The van der Waals surface area contributed by atoms with Crippen LogP contribution in [-0.2, 0) is 17.8 Å². The van der Waals surface area contributed by atoms with Gasteiger partial charge in [-0.25, -0.2) is 0 Å². The number of hydrogen-bond acceptors (Lipinski definition) is 7. The van der Waals surface area contributed by atoms with Crippen molar-refractivity contribution in [1.82, 2.24) is 14.8 Å². The molecule has 1 aliphatic rings. The van der Waals surface area contributed by atoms with Gasteiger partial charge >= 0.3 is 5.97 Å². The number of hydrogen-bond donors (Lipinski definition) is 0. The van der Waals surface area contributed by atoms with Gasteiger partial charge in [0.15, 0.2) is 5.75 Å². The van der Waals surface area contributed by atoms with Crippen molar-refractivity contribution in [2.24, 2.45) is 0 Å². The molecule has 25 heavy (non-hydrogen) atoms. The maximum atomic E-state index is 12.9. The SMILES string of the molecule is CC(=O)Oc1c(C(=O)c2nnc(C)o2)c(=O)n2c3c(cccc13)CC2. The van der Waals surface area contributed by atoms with E-state index >= 15 is 0 Å². The lowest BCUT2D eigenvalue weighted by atomic mass is 10.0. The number of aryl methyl sites for hydroxylation is 3. The van der Waals surface area contributed by atoms with Crippen molar-refractivity contribution in [1.29, 1.82) is 0 Å². The highest BCUT2D eigenvalue weighted by Gasteiger charge is 2.31. The number of benzene rings is 1.